The van der Waals surface area contributed by atoms with Gasteiger partial charge >= 0.3 is 0 Å². The summed E-state index contributed by atoms with van der Waals surface area (Å²) >= 11 is 0. The number of amides is 1. The third-order valence-corrected chi connectivity index (χ3v) is 5.15. The van der Waals surface area contributed by atoms with Gasteiger partial charge in [-0.3, -0.25) is 14.3 Å². The second kappa shape index (κ2) is 9.78. The molecule has 0 atom stereocenters. The second-order valence-corrected chi connectivity index (χ2v) is 8.31. The van der Waals surface area contributed by atoms with E-state index in [0.29, 0.717) is 11.4 Å². The molecule has 7 nitrogen and oxygen atoms in total. The Labute approximate surface area is 184 Å². The van der Waals surface area contributed by atoms with E-state index >= 15 is 0 Å². The van der Waals surface area contributed by atoms with Crippen molar-refractivity contribution in [3.8, 4) is 0 Å². The molecule has 0 radical (unpaired) electrons. The van der Waals surface area contributed by atoms with Crippen molar-refractivity contribution < 1.29 is 4.79 Å². The summed E-state index contributed by atoms with van der Waals surface area (Å²) in [5, 5.41) is 10.6. The Balaban J connectivity index is 0.00000210. The summed E-state index contributed by atoms with van der Waals surface area (Å²) in [6.45, 7) is 9.78. The largest absolute Gasteiger partial charge is 0.317 e. The molecule has 1 saturated heterocycles. The Morgan fingerprint density at radius 2 is 1.86 bits per heavy atom. The van der Waals surface area contributed by atoms with Gasteiger partial charge in [0.05, 0.1) is 5.69 Å². The van der Waals surface area contributed by atoms with Crippen LogP contribution in [0.1, 0.15) is 61.3 Å². The van der Waals surface area contributed by atoms with Crippen LogP contribution in [0.5, 0.6) is 0 Å². The van der Waals surface area contributed by atoms with Gasteiger partial charge in [-0.25, -0.2) is 0 Å². The van der Waals surface area contributed by atoms with Crippen molar-refractivity contribution in [3.05, 3.63) is 45.5 Å². The average Bonchev–Trinajstić information content (AvgIpc) is 2.97. The van der Waals surface area contributed by atoms with Gasteiger partial charge in [-0.15, -0.1) is 24.8 Å². The minimum Gasteiger partial charge on any atom is -0.317 e. The molecule has 1 aliphatic heterocycles. The van der Waals surface area contributed by atoms with Crippen LogP contribution in [-0.2, 0) is 12.5 Å². The van der Waals surface area contributed by atoms with Crippen molar-refractivity contribution in [2.45, 2.75) is 52.0 Å². The van der Waals surface area contributed by atoms with Crippen LogP contribution in [0.2, 0.25) is 0 Å². The van der Waals surface area contributed by atoms with E-state index in [9.17, 15) is 9.59 Å². The summed E-state index contributed by atoms with van der Waals surface area (Å²) in [5.74, 6) is 0.199. The second-order valence-electron chi connectivity index (χ2n) is 8.31. The van der Waals surface area contributed by atoms with Gasteiger partial charge in [-0.05, 0) is 44.5 Å². The van der Waals surface area contributed by atoms with E-state index < -0.39 is 0 Å². The molecular weight excluding hydrogens is 413 g/mol. The molecule has 3 heterocycles. The van der Waals surface area contributed by atoms with E-state index in [2.05, 4.69) is 36.5 Å². The highest BCUT2D eigenvalue weighted by atomic mass is 35.5. The number of hydrogen-bond donors (Lipinski definition) is 2. The molecule has 0 aromatic carbocycles. The number of halogens is 2. The number of carbonyl (C=O) groups excluding carboxylic acids is 1. The maximum atomic E-state index is 13.0. The first kappa shape index (κ1) is 25.2. The van der Waals surface area contributed by atoms with E-state index in [4.69, 9.17) is 0 Å². The van der Waals surface area contributed by atoms with Gasteiger partial charge in [-0.1, -0.05) is 20.8 Å². The number of rotatable bonds is 3. The monoisotopic (exact) mass is 443 g/mol. The van der Waals surface area contributed by atoms with Crippen LogP contribution in [0.4, 0.5) is 5.82 Å². The smallest absolute Gasteiger partial charge is 0.263 e. The van der Waals surface area contributed by atoms with Crippen molar-refractivity contribution in [2.24, 2.45) is 7.05 Å². The summed E-state index contributed by atoms with van der Waals surface area (Å²) in [5.41, 5.74) is 1.43. The zero-order chi connectivity index (χ0) is 19.8. The van der Waals surface area contributed by atoms with Crippen LogP contribution < -0.4 is 16.2 Å². The van der Waals surface area contributed by atoms with Crippen molar-refractivity contribution in [1.82, 2.24) is 19.7 Å². The molecule has 2 N–H and O–H groups in total. The lowest BCUT2D eigenvalue weighted by Gasteiger charge is -2.25. The molecule has 0 saturated carbocycles. The standard InChI is InChI=1S/C20H29N5O2.2ClH/c1-13-8-11-25(14-6-9-21-10-7-14)19(27)17(13)18(26)22-16-12-15(20(2,3)4)23-24(16)5;;/h8,11-12,14,21H,6-7,9-10H2,1-5H3,(H,22,26);2*1H. The number of hydrogen-bond acceptors (Lipinski definition) is 4. The first-order valence-corrected chi connectivity index (χ1v) is 9.47. The molecule has 0 aliphatic carbocycles. The SMILES string of the molecule is Cc1ccn(C2CCNCC2)c(=O)c1C(=O)Nc1cc(C(C)(C)C)nn1C.Cl.Cl. The van der Waals surface area contributed by atoms with E-state index in [1.165, 1.54) is 0 Å². The Bertz CT molecular complexity index is 909. The van der Waals surface area contributed by atoms with Crippen LogP contribution in [-0.4, -0.2) is 33.3 Å². The zero-order valence-electron chi connectivity index (χ0n) is 17.6. The van der Waals surface area contributed by atoms with Crippen LogP contribution in [0.3, 0.4) is 0 Å². The third-order valence-electron chi connectivity index (χ3n) is 5.15. The van der Waals surface area contributed by atoms with Gasteiger partial charge in [0.25, 0.3) is 11.5 Å². The third kappa shape index (κ3) is 5.41. The number of piperidine rings is 1. The molecule has 1 aliphatic rings. The van der Waals surface area contributed by atoms with E-state index in [0.717, 1.165) is 31.6 Å². The number of anilines is 1. The Hall–Kier alpha value is -1.83. The zero-order valence-corrected chi connectivity index (χ0v) is 19.2. The molecule has 2 aromatic heterocycles. The van der Waals surface area contributed by atoms with Gasteiger partial charge < -0.3 is 15.2 Å². The lowest BCUT2D eigenvalue weighted by atomic mass is 9.92. The van der Waals surface area contributed by atoms with Crippen LogP contribution in [0.25, 0.3) is 0 Å². The maximum Gasteiger partial charge on any atom is 0.263 e. The molecule has 3 rings (SSSR count). The molecule has 29 heavy (non-hydrogen) atoms. The molecule has 0 bridgehead atoms. The number of aromatic nitrogens is 3. The predicted octanol–water partition coefficient (Wildman–Crippen LogP) is 3.21. The highest BCUT2D eigenvalue weighted by Gasteiger charge is 2.23. The summed E-state index contributed by atoms with van der Waals surface area (Å²) in [6.07, 6.45) is 3.59. The Morgan fingerprint density at radius 1 is 1.24 bits per heavy atom. The summed E-state index contributed by atoms with van der Waals surface area (Å²) in [7, 11) is 1.79. The van der Waals surface area contributed by atoms with Gasteiger partial charge in [0.2, 0.25) is 0 Å². The molecule has 162 valence electrons. The summed E-state index contributed by atoms with van der Waals surface area (Å²) in [4.78, 5) is 26.0. The van der Waals surface area contributed by atoms with Crippen molar-refractivity contribution in [2.75, 3.05) is 18.4 Å². The molecule has 1 amide bonds. The quantitative estimate of drug-likeness (QED) is 0.762. The normalized spacial score (nSPS) is 14.7. The maximum absolute atomic E-state index is 13.0. The number of pyridine rings is 1. The van der Waals surface area contributed by atoms with Crippen molar-refractivity contribution >= 4 is 36.5 Å². The first-order valence-electron chi connectivity index (χ1n) is 9.47. The summed E-state index contributed by atoms with van der Waals surface area (Å²) < 4.78 is 3.36. The highest BCUT2D eigenvalue weighted by molar-refractivity contribution is 6.04. The fourth-order valence-electron chi connectivity index (χ4n) is 3.42. The Morgan fingerprint density at radius 3 is 2.41 bits per heavy atom. The minimum absolute atomic E-state index is 0. The molecule has 0 unspecified atom stereocenters. The average molecular weight is 444 g/mol. The number of nitrogens with one attached hydrogen (secondary N) is 2. The van der Waals surface area contributed by atoms with Crippen LogP contribution >= 0.6 is 24.8 Å². The van der Waals surface area contributed by atoms with E-state index in [1.807, 2.05) is 18.3 Å². The number of nitrogens with zero attached hydrogens (tertiary/aromatic N) is 3. The molecular formula is C20H31Cl2N5O2. The van der Waals surface area contributed by atoms with Crippen LogP contribution in [0, 0.1) is 6.92 Å². The number of aryl methyl sites for hydroxylation is 2. The molecule has 9 heteroatoms. The Kier molecular flexibility index (Phi) is 8.50. The lowest BCUT2D eigenvalue weighted by molar-refractivity contribution is 0.102. The first-order chi connectivity index (χ1) is 12.7. The molecule has 2 aromatic rings. The number of carbonyl (C=O) groups is 1. The van der Waals surface area contributed by atoms with Crippen molar-refractivity contribution in [3.63, 3.8) is 0 Å². The van der Waals surface area contributed by atoms with Gasteiger partial charge in [-0.2, -0.15) is 5.10 Å². The molecule has 1 fully saturated rings. The molecule has 0 spiro atoms. The van der Waals surface area contributed by atoms with E-state index in [1.54, 1.807) is 23.2 Å². The fraction of sp³-hybridized carbons (Fsp3) is 0.550. The lowest BCUT2D eigenvalue weighted by Crippen LogP contribution is -2.37. The van der Waals surface area contributed by atoms with E-state index in [-0.39, 0.29) is 53.3 Å². The van der Waals surface area contributed by atoms with Crippen LogP contribution in [0.15, 0.2) is 23.1 Å². The summed E-state index contributed by atoms with van der Waals surface area (Å²) in [6, 6.07) is 3.85. The minimum atomic E-state index is -0.385. The fourth-order valence-corrected chi connectivity index (χ4v) is 3.42. The van der Waals surface area contributed by atoms with Gasteiger partial charge in [0, 0.05) is 30.8 Å². The predicted molar refractivity (Wildman–Crippen MR) is 121 cm³/mol. The highest BCUT2D eigenvalue weighted by Crippen LogP contribution is 2.24. The van der Waals surface area contributed by atoms with Gasteiger partial charge in [0.15, 0.2) is 0 Å². The van der Waals surface area contributed by atoms with Crippen molar-refractivity contribution in [1.29, 1.82) is 0 Å². The topological polar surface area (TPSA) is 81.0 Å². The van der Waals surface area contributed by atoms with Gasteiger partial charge in [0.1, 0.15) is 11.4 Å².